The van der Waals surface area contributed by atoms with Crippen LogP contribution in [0.25, 0.3) is 11.3 Å². The number of hydrogen-bond donors (Lipinski definition) is 1. The van der Waals surface area contributed by atoms with Gasteiger partial charge in [0.1, 0.15) is 12.4 Å². The number of nitrogens with zero attached hydrogens (tertiary/aromatic N) is 1. The molecule has 0 saturated heterocycles. The number of H-pyrrole nitrogens is 1. The fourth-order valence-corrected chi connectivity index (χ4v) is 2.57. The van der Waals surface area contributed by atoms with E-state index in [-0.39, 0.29) is 18.3 Å². The van der Waals surface area contributed by atoms with Crippen LogP contribution in [0.5, 0.6) is 0 Å². The van der Waals surface area contributed by atoms with E-state index in [1.165, 1.54) is 6.07 Å². The molecule has 116 valence electrons. The molecule has 2 heterocycles. The first-order valence-electron chi connectivity index (χ1n) is 7.18. The van der Waals surface area contributed by atoms with Gasteiger partial charge < -0.3 is 9.72 Å². The van der Waals surface area contributed by atoms with E-state index in [2.05, 4.69) is 9.97 Å². The quantitative estimate of drug-likeness (QED) is 0.709. The number of hydrogen-bond acceptors (Lipinski definition) is 3. The number of halogens is 1. The van der Waals surface area contributed by atoms with Gasteiger partial charge in [0, 0.05) is 35.8 Å². The van der Waals surface area contributed by atoms with Gasteiger partial charge in [0.2, 0.25) is 0 Å². The predicted octanol–water partition coefficient (Wildman–Crippen LogP) is 3.52. The van der Waals surface area contributed by atoms with Crippen LogP contribution in [-0.4, -0.2) is 23.0 Å². The molecular weight excluding hydrogens is 295 g/mol. The molecule has 0 aliphatic rings. The van der Waals surface area contributed by atoms with Crippen LogP contribution in [0.2, 0.25) is 0 Å². The topological polar surface area (TPSA) is 55.0 Å². The number of carbonyl (C=O) groups is 1. The molecule has 0 radical (unpaired) electrons. The summed E-state index contributed by atoms with van der Waals surface area (Å²) in [6, 6.07) is 12.2. The number of aromatic amines is 1. The molecule has 3 aromatic rings. The van der Waals surface area contributed by atoms with Crippen molar-refractivity contribution in [2.24, 2.45) is 0 Å². The van der Waals surface area contributed by atoms with Gasteiger partial charge in [-0.2, -0.15) is 0 Å². The van der Waals surface area contributed by atoms with Crippen molar-refractivity contribution in [2.75, 3.05) is 6.61 Å². The maximum Gasteiger partial charge on any atom is 0.293 e. The third-order valence-electron chi connectivity index (χ3n) is 3.71. The lowest BCUT2D eigenvalue weighted by Gasteiger charge is -2.15. The monoisotopic (exact) mass is 310 g/mol. The first kappa shape index (κ1) is 15.0. The molecule has 5 heteroatoms. The number of pyridine rings is 1. The second kappa shape index (κ2) is 6.87. The highest BCUT2D eigenvalue weighted by molar-refractivity contribution is 5.60. The minimum atomic E-state index is -0.367. The smallest absolute Gasteiger partial charge is 0.293 e. The molecule has 0 aliphatic carbocycles. The number of benzene rings is 1. The van der Waals surface area contributed by atoms with E-state index in [1.807, 2.05) is 18.2 Å². The summed E-state index contributed by atoms with van der Waals surface area (Å²) in [5.74, 6) is -0.688. The second-order valence-electron chi connectivity index (χ2n) is 5.09. The van der Waals surface area contributed by atoms with Crippen molar-refractivity contribution in [3.63, 3.8) is 0 Å². The highest BCUT2D eigenvalue weighted by Gasteiger charge is 2.20. The summed E-state index contributed by atoms with van der Waals surface area (Å²) >= 11 is 0. The van der Waals surface area contributed by atoms with E-state index >= 15 is 0 Å². The van der Waals surface area contributed by atoms with Crippen LogP contribution < -0.4 is 0 Å². The SMILES string of the molecule is O=COCC(c1c[nH]c(-c2ccncc2)c1)c1ccccc1F. The molecule has 1 N–H and O–H groups in total. The predicted molar refractivity (Wildman–Crippen MR) is 84.3 cm³/mol. The van der Waals surface area contributed by atoms with Gasteiger partial charge in [-0.3, -0.25) is 9.78 Å². The molecule has 3 rings (SSSR count). The highest BCUT2D eigenvalue weighted by atomic mass is 19.1. The average Bonchev–Trinajstić information content (AvgIpc) is 3.07. The first-order chi connectivity index (χ1) is 11.3. The lowest BCUT2D eigenvalue weighted by molar-refractivity contribution is -0.128. The maximum absolute atomic E-state index is 14.1. The minimum absolute atomic E-state index is 0.0814. The second-order valence-corrected chi connectivity index (χ2v) is 5.09. The molecule has 23 heavy (non-hydrogen) atoms. The van der Waals surface area contributed by atoms with Crippen LogP contribution in [0.3, 0.4) is 0 Å². The molecule has 0 amide bonds. The minimum Gasteiger partial charge on any atom is -0.467 e. The molecule has 0 aliphatic heterocycles. The van der Waals surface area contributed by atoms with E-state index in [4.69, 9.17) is 4.74 Å². The van der Waals surface area contributed by atoms with Crippen molar-refractivity contribution < 1.29 is 13.9 Å². The third kappa shape index (κ3) is 3.29. The maximum atomic E-state index is 14.1. The number of nitrogens with one attached hydrogen (secondary N) is 1. The Labute approximate surface area is 133 Å². The van der Waals surface area contributed by atoms with Crippen molar-refractivity contribution >= 4 is 6.47 Å². The van der Waals surface area contributed by atoms with Gasteiger partial charge in [0.05, 0.1) is 0 Å². The average molecular weight is 310 g/mol. The molecule has 1 atom stereocenters. The molecule has 2 aromatic heterocycles. The van der Waals surface area contributed by atoms with Crippen molar-refractivity contribution in [2.45, 2.75) is 5.92 Å². The third-order valence-corrected chi connectivity index (χ3v) is 3.71. The Kier molecular flexibility index (Phi) is 4.47. The van der Waals surface area contributed by atoms with Gasteiger partial charge in [-0.05, 0) is 35.4 Å². The molecule has 4 nitrogen and oxygen atoms in total. The summed E-state index contributed by atoms with van der Waals surface area (Å²) in [7, 11) is 0. The fourth-order valence-electron chi connectivity index (χ4n) is 2.57. The number of aromatic nitrogens is 2. The molecule has 1 aromatic carbocycles. The zero-order valence-electron chi connectivity index (χ0n) is 12.3. The summed E-state index contributed by atoms with van der Waals surface area (Å²) in [4.78, 5) is 17.7. The summed E-state index contributed by atoms with van der Waals surface area (Å²) in [6.07, 6.45) is 5.22. The number of rotatable bonds is 6. The Morgan fingerprint density at radius 3 is 2.74 bits per heavy atom. The van der Waals surface area contributed by atoms with Crippen LogP contribution >= 0.6 is 0 Å². The van der Waals surface area contributed by atoms with Crippen LogP contribution in [-0.2, 0) is 9.53 Å². The lowest BCUT2D eigenvalue weighted by atomic mass is 9.93. The molecule has 0 bridgehead atoms. The van der Waals surface area contributed by atoms with Crippen molar-refractivity contribution in [3.05, 3.63) is 78.0 Å². The van der Waals surface area contributed by atoms with Crippen LogP contribution in [0.4, 0.5) is 4.39 Å². The lowest BCUT2D eigenvalue weighted by Crippen LogP contribution is -2.10. The van der Waals surface area contributed by atoms with E-state index in [0.29, 0.717) is 12.0 Å². The van der Waals surface area contributed by atoms with Gasteiger partial charge in [-0.1, -0.05) is 18.2 Å². The molecule has 1 unspecified atom stereocenters. The van der Waals surface area contributed by atoms with E-state index in [9.17, 15) is 9.18 Å². The fraction of sp³-hybridized carbons (Fsp3) is 0.111. The van der Waals surface area contributed by atoms with Gasteiger partial charge in [0.25, 0.3) is 6.47 Å². The van der Waals surface area contributed by atoms with Gasteiger partial charge in [0.15, 0.2) is 0 Å². The molecule has 0 saturated carbocycles. The Bertz CT molecular complexity index is 786. The van der Waals surface area contributed by atoms with Gasteiger partial charge in [-0.15, -0.1) is 0 Å². The van der Waals surface area contributed by atoms with E-state index in [0.717, 1.165) is 16.8 Å². The Morgan fingerprint density at radius 2 is 2.00 bits per heavy atom. The summed E-state index contributed by atoms with van der Waals surface area (Å²) in [5.41, 5.74) is 3.23. The Morgan fingerprint density at radius 1 is 1.22 bits per heavy atom. The normalized spacial score (nSPS) is 11.9. The molecule has 0 fully saturated rings. The largest absolute Gasteiger partial charge is 0.467 e. The van der Waals surface area contributed by atoms with Crippen LogP contribution in [0.1, 0.15) is 17.0 Å². The molecular formula is C18H15FN2O2. The standard InChI is InChI=1S/C18H15FN2O2/c19-17-4-2-1-3-15(17)16(11-23-12-22)14-9-18(21-10-14)13-5-7-20-8-6-13/h1-10,12,16,21H,11H2. The first-order valence-corrected chi connectivity index (χ1v) is 7.18. The highest BCUT2D eigenvalue weighted by Crippen LogP contribution is 2.30. The van der Waals surface area contributed by atoms with Gasteiger partial charge in [-0.25, -0.2) is 4.39 Å². The van der Waals surface area contributed by atoms with Gasteiger partial charge >= 0.3 is 0 Å². The summed E-state index contributed by atoms with van der Waals surface area (Å²) in [5, 5.41) is 0. The van der Waals surface area contributed by atoms with Crippen molar-refractivity contribution in [1.82, 2.24) is 9.97 Å². The molecule has 0 spiro atoms. The zero-order chi connectivity index (χ0) is 16.1. The van der Waals surface area contributed by atoms with Crippen LogP contribution in [0.15, 0.2) is 61.1 Å². The van der Waals surface area contributed by atoms with E-state index in [1.54, 1.807) is 36.8 Å². The number of ether oxygens (including phenoxy) is 1. The van der Waals surface area contributed by atoms with Crippen molar-refractivity contribution in [3.8, 4) is 11.3 Å². The van der Waals surface area contributed by atoms with Crippen LogP contribution in [0, 0.1) is 5.82 Å². The summed E-state index contributed by atoms with van der Waals surface area (Å²) < 4.78 is 19.0. The zero-order valence-corrected chi connectivity index (χ0v) is 12.3. The van der Waals surface area contributed by atoms with E-state index < -0.39 is 0 Å². The summed E-state index contributed by atoms with van der Waals surface area (Å²) in [6.45, 7) is 0.461. The Hall–Kier alpha value is -2.95. The number of carbonyl (C=O) groups excluding carboxylic acids is 1. The van der Waals surface area contributed by atoms with Crippen molar-refractivity contribution in [1.29, 1.82) is 0 Å². The Balaban J connectivity index is 1.96.